The lowest BCUT2D eigenvalue weighted by Crippen LogP contribution is -2.28. The Kier molecular flexibility index (Phi) is 5.14. The number of thiazole rings is 1. The van der Waals surface area contributed by atoms with Gasteiger partial charge in [-0.25, -0.2) is 4.98 Å². The topological polar surface area (TPSA) is 58.4 Å². The van der Waals surface area contributed by atoms with E-state index < -0.39 is 0 Å². The molecule has 0 aliphatic rings. The smallest absolute Gasteiger partial charge is 0.221 e. The maximum atomic E-state index is 11.5. The van der Waals surface area contributed by atoms with E-state index in [0.29, 0.717) is 13.0 Å². The van der Waals surface area contributed by atoms with Gasteiger partial charge in [-0.2, -0.15) is 0 Å². The van der Waals surface area contributed by atoms with Crippen LogP contribution in [0, 0.1) is 13.8 Å². The quantitative estimate of drug-likeness (QED) is 0.768. The fourth-order valence-corrected chi connectivity index (χ4v) is 3.07. The molecule has 0 spiro atoms. The van der Waals surface area contributed by atoms with Gasteiger partial charge < -0.3 is 10.6 Å². The summed E-state index contributed by atoms with van der Waals surface area (Å²) >= 11 is 1.66. The van der Waals surface area contributed by atoms with Crippen molar-refractivity contribution in [2.75, 3.05) is 13.1 Å². The minimum absolute atomic E-state index is 0.112. The number of rotatable bonds is 7. The summed E-state index contributed by atoms with van der Waals surface area (Å²) in [4.78, 5) is 17.1. The average molecular weight is 294 g/mol. The van der Waals surface area contributed by atoms with E-state index in [9.17, 15) is 4.79 Å². The third-order valence-corrected chi connectivity index (χ3v) is 4.17. The Hall–Kier alpha value is -1.40. The second kappa shape index (κ2) is 6.85. The van der Waals surface area contributed by atoms with E-state index in [-0.39, 0.29) is 5.91 Å². The fraction of sp³-hybridized carbons (Fsp3) is 0.571. The van der Waals surface area contributed by atoms with Crippen molar-refractivity contribution in [2.45, 2.75) is 40.2 Å². The number of aromatic nitrogens is 2. The second-order valence-corrected chi connectivity index (χ2v) is 5.75. The van der Waals surface area contributed by atoms with E-state index in [2.05, 4.69) is 39.2 Å². The van der Waals surface area contributed by atoms with E-state index in [1.807, 2.05) is 6.92 Å². The van der Waals surface area contributed by atoms with Gasteiger partial charge in [0.1, 0.15) is 0 Å². The highest BCUT2D eigenvalue weighted by Crippen LogP contribution is 2.20. The van der Waals surface area contributed by atoms with Crippen LogP contribution in [0.15, 0.2) is 5.38 Å². The van der Waals surface area contributed by atoms with Crippen molar-refractivity contribution in [2.24, 2.45) is 0 Å². The molecule has 0 saturated carbocycles. The highest BCUT2D eigenvalue weighted by atomic mass is 32.1. The number of fused-ring (bicyclic) bond motifs is 1. The van der Waals surface area contributed by atoms with Crippen LogP contribution in [0.2, 0.25) is 0 Å². The van der Waals surface area contributed by atoms with Crippen LogP contribution in [0.1, 0.15) is 36.8 Å². The molecular formula is C14H22N4OS. The number of hydrogen-bond donors (Lipinski definition) is 2. The summed E-state index contributed by atoms with van der Waals surface area (Å²) in [6.07, 6.45) is 1.49. The first-order valence-corrected chi connectivity index (χ1v) is 7.91. The predicted octanol–water partition coefficient (Wildman–Crippen LogP) is 2.02. The first kappa shape index (κ1) is 15.0. The van der Waals surface area contributed by atoms with Gasteiger partial charge in [0.05, 0.1) is 11.4 Å². The molecule has 1 amide bonds. The average Bonchev–Trinajstić information content (AvgIpc) is 2.92. The maximum Gasteiger partial charge on any atom is 0.221 e. The first-order chi connectivity index (χ1) is 9.63. The molecule has 0 bridgehead atoms. The Morgan fingerprint density at radius 3 is 2.95 bits per heavy atom. The number of nitrogens with one attached hydrogen (secondary N) is 2. The molecule has 2 rings (SSSR count). The van der Waals surface area contributed by atoms with Crippen LogP contribution in [-0.4, -0.2) is 28.4 Å². The third-order valence-electron chi connectivity index (χ3n) is 3.22. The van der Waals surface area contributed by atoms with Crippen LogP contribution in [0.25, 0.3) is 4.96 Å². The lowest BCUT2D eigenvalue weighted by Gasteiger charge is -2.06. The summed E-state index contributed by atoms with van der Waals surface area (Å²) in [6.45, 7) is 8.36. The zero-order valence-electron chi connectivity index (χ0n) is 12.3. The van der Waals surface area contributed by atoms with Gasteiger partial charge in [0.25, 0.3) is 0 Å². The summed E-state index contributed by atoms with van der Waals surface area (Å²) in [7, 11) is 0. The Balaban J connectivity index is 1.85. The molecule has 0 unspecified atom stereocenters. The van der Waals surface area contributed by atoms with Crippen molar-refractivity contribution < 1.29 is 4.79 Å². The Labute approximate surface area is 123 Å². The normalized spacial score (nSPS) is 11.2. The predicted molar refractivity (Wildman–Crippen MR) is 82.2 cm³/mol. The van der Waals surface area contributed by atoms with Gasteiger partial charge in [0, 0.05) is 37.1 Å². The molecule has 5 nitrogen and oxygen atoms in total. The van der Waals surface area contributed by atoms with Crippen molar-refractivity contribution in [1.29, 1.82) is 0 Å². The monoisotopic (exact) mass is 294 g/mol. The van der Waals surface area contributed by atoms with E-state index in [1.54, 1.807) is 11.3 Å². The molecule has 20 heavy (non-hydrogen) atoms. The van der Waals surface area contributed by atoms with Gasteiger partial charge in [0.15, 0.2) is 4.96 Å². The molecule has 0 aromatic carbocycles. The van der Waals surface area contributed by atoms with Crippen molar-refractivity contribution in [3.05, 3.63) is 22.5 Å². The number of nitrogens with zero attached hydrogens (tertiary/aromatic N) is 2. The number of aryl methyl sites for hydroxylation is 2. The minimum Gasteiger partial charge on any atom is -0.356 e. The number of imidazole rings is 1. The molecule has 0 atom stereocenters. The molecule has 2 N–H and O–H groups in total. The van der Waals surface area contributed by atoms with Crippen molar-refractivity contribution in [3.8, 4) is 0 Å². The van der Waals surface area contributed by atoms with Gasteiger partial charge in [-0.15, -0.1) is 11.3 Å². The van der Waals surface area contributed by atoms with Crippen LogP contribution >= 0.6 is 11.3 Å². The molecule has 0 aliphatic carbocycles. The van der Waals surface area contributed by atoms with Crippen LogP contribution in [0.3, 0.4) is 0 Å². The number of carbonyl (C=O) groups is 1. The van der Waals surface area contributed by atoms with Crippen molar-refractivity contribution in [1.82, 2.24) is 20.0 Å². The molecule has 2 aromatic rings. The molecular weight excluding hydrogens is 272 g/mol. The van der Waals surface area contributed by atoms with E-state index >= 15 is 0 Å². The van der Waals surface area contributed by atoms with Crippen LogP contribution in [-0.2, 0) is 11.3 Å². The highest BCUT2D eigenvalue weighted by Gasteiger charge is 2.11. The number of hydrogen-bond acceptors (Lipinski definition) is 4. The van der Waals surface area contributed by atoms with Crippen molar-refractivity contribution >= 4 is 22.2 Å². The molecule has 6 heteroatoms. The SMILES string of the molecule is CCCNC(=O)CCNCc1c(C)nc2scc(C)n12. The number of carbonyl (C=O) groups excluding carboxylic acids is 1. The largest absolute Gasteiger partial charge is 0.356 e. The number of amides is 1. The molecule has 0 saturated heterocycles. The third kappa shape index (κ3) is 3.37. The standard InChI is InChI=1S/C14H22N4OS/c1-4-6-16-13(19)5-7-15-8-12-11(3)17-14-18(12)10(2)9-20-14/h9,15H,4-8H2,1-3H3,(H,16,19). The Morgan fingerprint density at radius 1 is 1.40 bits per heavy atom. The lowest BCUT2D eigenvalue weighted by atomic mass is 10.3. The minimum atomic E-state index is 0.112. The zero-order valence-corrected chi connectivity index (χ0v) is 13.1. The van der Waals surface area contributed by atoms with Gasteiger partial charge in [-0.3, -0.25) is 9.20 Å². The van der Waals surface area contributed by atoms with E-state index in [4.69, 9.17) is 0 Å². The summed E-state index contributed by atoms with van der Waals surface area (Å²) < 4.78 is 2.18. The summed E-state index contributed by atoms with van der Waals surface area (Å²) in [5.41, 5.74) is 3.46. The zero-order chi connectivity index (χ0) is 14.5. The highest BCUT2D eigenvalue weighted by molar-refractivity contribution is 7.15. The van der Waals surface area contributed by atoms with Gasteiger partial charge in [0.2, 0.25) is 5.91 Å². The molecule has 0 radical (unpaired) electrons. The molecule has 2 aromatic heterocycles. The van der Waals surface area contributed by atoms with Crippen LogP contribution in [0.4, 0.5) is 0 Å². The van der Waals surface area contributed by atoms with E-state index in [0.717, 1.165) is 30.2 Å². The van der Waals surface area contributed by atoms with Crippen LogP contribution in [0.5, 0.6) is 0 Å². The summed E-state index contributed by atoms with van der Waals surface area (Å²) in [5.74, 6) is 0.112. The second-order valence-electron chi connectivity index (χ2n) is 4.92. The molecule has 0 fully saturated rings. The molecule has 2 heterocycles. The Bertz CT molecular complexity index is 587. The van der Waals surface area contributed by atoms with E-state index in [1.165, 1.54) is 11.4 Å². The molecule has 0 aliphatic heterocycles. The summed E-state index contributed by atoms with van der Waals surface area (Å²) in [5, 5.41) is 8.32. The Morgan fingerprint density at radius 2 is 2.20 bits per heavy atom. The molecule has 110 valence electrons. The van der Waals surface area contributed by atoms with Crippen molar-refractivity contribution in [3.63, 3.8) is 0 Å². The summed E-state index contributed by atoms with van der Waals surface area (Å²) in [6, 6.07) is 0. The fourth-order valence-electron chi connectivity index (χ4n) is 2.14. The first-order valence-electron chi connectivity index (χ1n) is 7.03. The van der Waals surface area contributed by atoms with Crippen LogP contribution < -0.4 is 10.6 Å². The van der Waals surface area contributed by atoms with Gasteiger partial charge in [-0.1, -0.05) is 6.92 Å². The maximum absolute atomic E-state index is 11.5. The van der Waals surface area contributed by atoms with Gasteiger partial charge >= 0.3 is 0 Å². The lowest BCUT2D eigenvalue weighted by molar-refractivity contribution is -0.120. The van der Waals surface area contributed by atoms with Gasteiger partial charge in [-0.05, 0) is 20.3 Å².